The second-order valence-corrected chi connectivity index (χ2v) is 10.9. The van der Waals surface area contributed by atoms with E-state index in [-0.39, 0.29) is 6.04 Å². The fraction of sp³-hybridized carbons (Fsp3) is 0.108. The lowest BCUT2D eigenvalue weighted by Crippen LogP contribution is -2.41. The average Bonchev–Trinajstić information content (AvgIpc) is 3.29. The summed E-state index contributed by atoms with van der Waals surface area (Å²) < 4.78 is 43.1. The molecule has 2 heterocycles. The van der Waals surface area contributed by atoms with Gasteiger partial charge in [-0.3, -0.25) is 0 Å². The molecule has 0 spiro atoms. The van der Waals surface area contributed by atoms with Crippen LogP contribution in [0.3, 0.4) is 0 Å². The number of likely N-dealkylation sites (N-methyl/N-ethyl adjacent to an activating group) is 1. The Bertz CT molecular complexity index is 2020. The Hall–Kier alpha value is -5.50. The van der Waals surface area contributed by atoms with Gasteiger partial charge in [0, 0.05) is 23.7 Å². The predicted octanol–water partition coefficient (Wildman–Crippen LogP) is 8.48. The maximum absolute atomic E-state index is 13.7. The molecule has 7 rings (SSSR count). The highest BCUT2D eigenvalue weighted by Crippen LogP contribution is 2.36. The van der Waals surface area contributed by atoms with Gasteiger partial charge in [-0.2, -0.15) is 13.2 Å². The third-order valence-corrected chi connectivity index (χ3v) is 7.93. The van der Waals surface area contributed by atoms with E-state index in [4.69, 9.17) is 15.0 Å². The van der Waals surface area contributed by atoms with Crippen molar-refractivity contribution in [3.8, 4) is 11.4 Å². The molecular formula is C37H28F3N5. The van der Waals surface area contributed by atoms with Gasteiger partial charge in [-0.1, -0.05) is 115 Å². The monoisotopic (exact) mass is 599 g/mol. The van der Waals surface area contributed by atoms with E-state index in [1.807, 2.05) is 121 Å². The molecular weight excluding hydrogens is 571 g/mol. The number of aliphatic imine (C=N–C) groups is 2. The molecule has 4 aromatic carbocycles. The van der Waals surface area contributed by atoms with Crippen LogP contribution < -0.4 is 0 Å². The van der Waals surface area contributed by atoms with Gasteiger partial charge in [0.1, 0.15) is 17.8 Å². The molecule has 8 heteroatoms. The van der Waals surface area contributed by atoms with Crippen molar-refractivity contribution in [1.82, 2.24) is 14.5 Å². The van der Waals surface area contributed by atoms with Gasteiger partial charge in [-0.15, -0.1) is 0 Å². The van der Waals surface area contributed by atoms with Gasteiger partial charge >= 0.3 is 6.18 Å². The lowest BCUT2D eigenvalue weighted by atomic mass is 10.1. The Kier molecular flexibility index (Phi) is 7.25. The summed E-state index contributed by atoms with van der Waals surface area (Å²) in [6.07, 6.45) is 5.19. The highest BCUT2D eigenvalue weighted by Gasteiger charge is 2.32. The number of halogens is 3. The average molecular weight is 600 g/mol. The second-order valence-electron chi connectivity index (χ2n) is 10.9. The molecule has 0 saturated heterocycles. The number of hydrogen-bond donors (Lipinski definition) is 0. The van der Waals surface area contributed by atoms with Gasteiger partial charge in [0.25, 0.3) is 0 Å². The quantitative estimate of drug-likeness (QED) is 0.203. The molecule has 222 valence electrons. The first-order chi connectivity index (χ1) is 21.9. The van der Waals surface area contributed by atoms with Crippen molar-refractivity contribution >= 4 is 22.7 Å². The van der Waals surface area contributed by atoms with Crippen LogP contribution in [0.1, 0.15) is 22.7 Å². The van der Waals surface area contributed by atoms with Crippen LogP contribution in [-0.2, 0) is 6.18 Å². The molecule has 1 aliphatic carbocycles. The smallest absolute Gasteiger partial charge is 0.333 e. The SMILES string of the molecule is CN1C(c2ccccc2)=NC(c2ccccc2)=NC1C1=CC(n2c(-c3cccc(C(F)(F)F)c3)nc3ccccc32)C=CC=C1. The molecule has 2 unspecified atom stereocenters. The van der Waals surface area contributed by atoms with Crippen LogP contribution in [0, 0.1) is 0 Å². The fourth-order valence-corrected chi connectivity index (χ4v) is 5.78. The summed E-state index contributed by atoms with van der Waals surface area (Å²) in [5, 5.41) is 0. The Morgan fingerprint density at radius 2 is 1.42 bits per heavy atom. The molecule has 1 aliphatic heterocycles. The van der Waals surface area contributed by atoms with E-state index in [9.17, 15) is 13.2 Å². The molecule has 5 aromatic rings. The molecule has 0 radical (unpaired) electrons. The molecule has 0 fully saturated rings. The number of imidazole rings is 1. The van der Waals surface area contributed by atoms with Gasteiger partial charge < -0.3 is 9.47 Å². The number of rotatable bonds is 5. The van der Waals surface area contributed by atoms with E-state index < -0.39 is 17.9 Å². The molecule has 5 nitrogen and oxygen atoms in total. The van der Waals surface area contributed by atoms with Gasteiger partial charge in [0.2, 0.25) is 0 Å². The van der Waals surface area contributed by atoms with E-state index in [1.165, 1.54) is 6.07 Å². The number of fused-ring (bicyclic) bond motifs is 1. The lowest BCUT2D eigenvalue weighted by molar-refractivity contribution is -0.137. The third kappa shape index (κ3) is 5.51. The zero-order valence-corrected chi connectivity index (χ0v) is 24.3. The van der Waals surface area contributed by atoms with Gasteiger partial charge in [-0.25, -0.2) is 15.0 Å². The Balaban J connectivity index is 1.37. The summed E-state index contributed by atoms with van der Waals surface area (Å²) in [5.41, 5.74) is 3.97. The van der Waals surface area contributed by atoms with Crippen LogP contribution >= 0.6 is 0 Å². The van der Waals surface area contributed by atoms with Crippen LogP contribution in [0.4, 0.5) is 13.2 Å². The number of alkyl halides is 3. The second kappa shape index (κ2) is 11.5. The molecule has 1 aromatic heterocycles. The summed E-state index contributed by atoms with van der Waals surface area (Å²) in [7, 11) is 1.98. The normalized spacial score (nSPS) is 18.4. The van der Waals surface area contributed by atoms with E-state index in [0.29, 0.717) is 22.7 Å². The number of amidine groups is 2. The lowest BCUT2D eigenvalue weighted by Gasteiger charge is -2.33. The maximum Gasteiger partial charge on any atom is 0.416 e. The summed E-state index contributed by atoms with van der Waals surface area (Å²) in [6, 6.07) is 32.5. The van der Waals surface area contributed by atoms with Crippen LogP contribution in [0.25, 0.3) is 22.4 Å². The van der Waals surface area contributed by atoms with E-state index in [2.05, 4.69) is 11.0 Å². The van der Waals surface area contributed by atoms with Crippen LogP contribution in [0.5, 0.6) is 0 Å². The van der Waals surface area contributed by atoms with Crippen molar-refractivity contribution in [2.75, 3.05) is 7.05 Å². The van der Waals surface area contributed by atoms with Crippen LogP contribution in [0.2, 0.25) is 0 Å². The number of allylic oxidation sites excluding steroid dienone is 4. The van der Waals surface area contributed by atoms with Crippen molar-refractivity contribution in [3.05, 3.63) is 162 Å². The minimum Gasteiger partial charge on any atom is -0.333 e. The largest absolute Gasteiger partial charge is 0.416 e. The molecule has 0 bridgehead atoms. The number of hydrogen-bond acceptors (Lipinski definition) is 4. The summed E-state index contributed by atoms with van der Waals surface area (Å²) in [5.74, 6) is 1.86. The van der Waals surface area contributed by atoms with E-state index >= 15 is 0 Å². The Labute approximate surface area is 258 Å². The zero-order valence-electron chi connectivity index (χ0n) is 24.3. The van der Waals surface area contributed by atoms with Crippen molar-refractivity contribution in [2.24, 2.45) is 9.98 Å². The Morgan fingerprint density at radius 3 is 2.18 bits per heavy atom. The van der Waals surface area contributed by atoms with Gasteiger partial charge in [0.05, 0.1) is 22.6 Å². The van der Waals surface area contributed by atoms with Crippen molar-refractivity contribution < 1.29 is 13.2 Å². The number of para-hydroxylation sites is 2. The first-order valence-electron chi connectivity index (χ1n) is 14.6. The van der Waals surface area contributed by atoms with E-state index in [0.717, 1.165) is 40.2 Å². The number of aromatic nitrogens is 2. The van der Waals surface area contributed by atoms with Crippen LogP contribution in [0.15, 0.2) is 155 Å². The van der Waals surface area contributed by atoms with Crippen molar-refractivity contribution in [1.29, 1.82) is 0 Å². The summed E-state index contributed by atoms with van der Waals surface area (Å²) in [4.78, 5) is 17.0. The van der Waals surface area contributed by atoms with Crippen molar-refractivity contribution in [2.45, 2.75) is 18.4 Å². The topological polar surface area (TPSA) is 45.8 Å². The maximum atomic E-state index is 13.7. The summed E-state index contributed by atoms with van der Waals surface area (Å²) in [6.45, 7) is 0. The Morgan fingerprint density at radius 1 is 0.733 bits per heavy atom. The number of benzene rings is 4. The zero-order chi connectivity index (χ0) is 31.0. The molecule has 2 atom stereocenters. The molecule has 45 heavy (non-hydrogen) atoms. The van der Waals surface area contributed by atoms with Gasteiger partial charge in [0.15, 0.2) is 5.84 Å². The molecule has 2 aliphatic rings. The fourth-order valence-electron chi connectivity index (χ4n) is 5.78. The van der Waals surface area contributed by atoms with Crippen molar-refractivity contribution in [3.63, 3.8) is 0 Å². The minimum atomic E-state index is -4.47. The highest BCUT2D eigenvalue weighted by molar-refractivity contribution is 6.13. The van der Waals surface area contributed by atoms with Crippen LogP contribution in [-0.4, -0.2) is 39.3 Å². The molecule has 0 amide bonds. The highest BCUT2D eigenvalue weighted by atomic mass is 19.4. The molecule has 0 saturated carbocycles. The van der Waals surface area contributed by atoms with Gasteiger partial charge in [-0.05, 0) is 29.8 Å². The molecule has 0 N–H and O–H groups in total. The first kappa shape index (κ1) is 28.3. The van der Waals surface area contributed by atoms with E-state index in [1.54, 1.807) is 6.07 Å². The number of nitrogens with zero attached hydrogens (tertiary/aromatic N) is 5. The summed E-state index contributed by atoms with van der Waals surface area (Å²) >= 11 is 0. The first-order valence-corrected chi connectivity index (χ1v) is 14.6. The predicted molar refractivity (Wildman–Crippen MR) is 173 cm³/mol. The standard InChI is InChI=1S/C37H28F3N5/c1-44-34(26-15-6-3-7-16-26)42-33(25-13-4-2-5-14-25)43-35(44)28-17-8-9-20-30(24-28)45-32-22-11-10-21-31(32)41-36(45)27-18-12-19-29(23-27)37(38,39)40/h2-24,30,35H,1H3. The minimum absolute atomic E-state index is 0.366. The third-order valence-electron chi connectivity index (χ3n) is 7.93.